The van der Waals surface area contributed by atoms with Crippen molar-refractivity contribution in [1.29, 1.82) is 0 Å². The summed E-state index contributed by atoms with van der Waals surface area (Å²) in [7, 11) is 0. The molecule has 1 amide bonds. The van der Waals surface area contributed by atoms with Gasteiger partial charge in [0.25, 0.3) is 0 Å². The normalized spacial score (nSPS) is 23.3. The van der Waals surface area contributed by atoms with E-state index >= 15 is 4.39 Å². The van der Waals surface area contributed by atoms with Crippen molar-refractivity contribution in [2.75, 3.05) is 50.0 Å². The van der Waals surface area contributed by atoms with Crippen molar-refractivity contribution in [2.45, 2.75) is 50.1 Å². The number of thiazole rings is 1. The third-order valence-corrected chi connectivity index (χ3v) is 10.5. The van der Waals surface area contributed by atoms with Crippen LogP contribution in [-0.4, -0.2) is 87.7 Å². The van der Waals surface area contributed by atoms with E-state index in [1.165, 1.54) is 6.08 Å². The lowest BCUT2D eigenvalue weighted by Crippen LogP contribution is -2.54. The average molecular weight is 692 g/mol. The summed E-state index contributed by atoms with van der Waals surface area (Å²) in [6, 6.07) is 2.08. The van der Waals surface area contributed by atoms with Crippen molar-refractivity contribution in [3.05, 3.63) is 48.1 Å². The van der Waals surface area contributed by atoms with Gasteiger partial charge in [0.1, 0.15) is 29.9 Å². The van der Waals surface area contributed by atoms with Crippen molar-refractivity contribution in [2.24, 2.45) is 0 Å². The maximum Gasteiger partial charge on any atom is 0.417 e. The second kappa shape index (κ2) is 11.8. The van der Waals surface area contributed by atoms with Crippen LogP contribution in [0, 0.1) is 11.6 Å². The Bertz CT molecular complexity index is 1950. The Hall–Kier alpha value is -4.18. The van der Waals surface area contributed by atoms with Crippen LogP contribution in [0.2, 0.25) is 0 Å². The largest absolute Gasteiger partial charge is 0.461 e. The standard InChI is InChI=1S/C32H31F6N7O2S/c1-3-22(46)45-10-9-43(13-16(45)2)28-19-11-20(32(36,37)38)23(18-5-6-21(34)27-26(18)40-29(39)48-27)24(35)25(19)41-30(42-28)47-15-31-7-4-8-44(31)14-17(33)12-31/h3,5-6,11,16-17H,1,4,7-10,12-15H2,2H3,(H2,39,40)/t16-,17+,31+/m0/s1. The highest BCUT2D eigenvalue weighted by Gasteiger charge is 2.49. The number of hydrogen-bond acceptors (Lipinski definition) is 9. The number of anilines is 2. The summed E-state index contributed by atoms with van der Waals surface area (Å²) < 4.78 is 96.4. The number of piperazine rings is 1. The second-order valence-electron chi connectivity index (χ2n) is 12.6. The molecule has 2 aromatic heterocycles. The van der Waals surface area contributed by atoms with Gasteiger partial charge in [-0.1, -0.05) is 17.9 Å². The molecule has 2 N–H and O–H groups in total. The van der Waals surface area contributed by atoms with Crippen LogP contribution in [0.1, 0.15) is 31.7 Å². The third kappa shape index (κ3) is 5.38. The molecule has 0 aliphatic carbocycles. The van der Waals surface area contributed by atoms with Gasteiger partial charge >= 0.3 is 12.2 Å². The van der Waals surface area contributed by atoms with E-state index in [1.807, 2.05) is 4.90 Å². The fourth-order valence-electron chi connectivity index (χ4n) is 7.42. The zero-order chi connectivity index (χ0) is 34.1. The van der Waals surface area contributed by atoms with E-state index in [-0.39, 0.29) is 83.2 Å². The number of nitrogens with zero attached hydrogens (tertiary/aromatic N) is 6. The SMILES string of the molecule is C=CC(=O)N1CCN(c2nc(OC[C@]34CCCN3C[C@H](F)C4)nc3c(F)c(-c4ccc(F)c5sc(N)nc45)c(C(F)(F)F)cc23)C[C@@H]1C. The smallest absolute Gasteiger partial charge is 0.417 e. The maximum atomic E-state index is 16.9. The molecule has 0 bridgehead atoms. The molecule has 3 fully saturated rings. The van der Waals surface area contributed by atoms with Crippen LogP contribution >= 0.6 is 11.3 Å². The highest BCUT2D eigenvalue weighted by Crippen LogP contribution is 2.46. The summed E-state index contributed by atoms with van der Waals surface area (Å²) in [4.78, 5) is 30.5. The number of nitrogens with two attached hydrogens (primary N) is 1. The molecule has 5 heterocycles. The van der Waals surface area contributed by atoms with Gasteiger partial charge in [0.15, 0.2) is 10.9 Å². The summed E-state index contributed by atoms with van der Waals surface area (Å²) in [6.45, 7) is 6.80. The van der Waals surface area contributed by atoms with E-state index in [4.69, 9.17) is 10.5 Å². The summed E-state index contributed by atoms with van der Waals surface area (Å²) >= 11 is 0.735. The van der Waals surface area contributed by atoms with Crippen molar-refractivity contribution < 1.29 is 35.9 Å². The van der Waals surface area contributed by atoms with Crippen molar-refractivity contribution in [3.63, 3.8) is 0 Å². The highest BCUT2D eigenvalue weighted by atomic mass is 32.1. The highest BCUT2D eigenvalue weighted by molar-refractivity contribution is 7.22. The first kappa shape index (κ1) is 32.4. The van der Waals surface area contributed by atoms with Crippen LogP contribution in [0.4, 0.5) is 37.3 Å². The quantitative estimate of drug-likeness (QED) is 0.195. The Balaban J connectivity index is 1.41. The van der Waals surface area contributed by atoms with Crippen LogP contribution in [-0.2, 0) is 11.0 Å². The monoisotopic (exact) mass is 691 g/mol. The number of fused-ring (bicyclic) bond motifs is 3. The summed E-state index contributed by atoms with van der Waals surface area (Å²) in [5.41, 5.74) is 2.01. The van der Waals surface area contributed by atoms with Crippen LogP contribution in [0.25, 0.3) is 32.2 Å². The molecule has 3 aliphatic heterocycles. The zero-order valence-electron chi connectivity index (χ0n) is 25.8. The van der Waals surface area contributed by atoms with Gasteiger partial charge in [-0.3, -0.25) is 9.69 Å². The van der Waals surface area contributed by atoms with Crippen molar-refractivity contribution >= 4 is 49.3 Å². The number of nitrogen functional groups attached to an aromatic ring is 1. The lowest BCUT2D eigenvalue weighted by atomic mass is 9.94. The van der Waals surface area contributed by atoms with E-state index in [9.17, 15) is 26.7 Å². The minimum atomic E-state index is -5.06. The van der Waals surface area contributed by atoms with Gasteiger partial charge in [-0.15, -0.1) is 0 Å². The Labute approximate surface area is 275 Å². The molecular formula is C32H31F6N7O2S. The lowest BCUT2D eigenvalue weighted by molar-refractivity contribution is -0.137. The third-order valence-electron chi connectivity index (χ3n) is 9.59. The van der Waals surface area contributed by atoms with Crippen molar-refractivity contribution in [1.82, 2.24) is 24.8 Å². The Morgan fingerprint density at radius 3 is 2.69 bits per heavy atom. The molecule has 4 aromatic rings. The molecule has 3 saturated heterocycles. The molecule has 3 atom stereocenters. The van der Waals surface area contributed by atoms with Gasteiger partial charge in [0, 0.05) is 55.2 Å². The molecule has 254 valence electrons. The van der Waals surface area contributed by atoms with E-state index in [1.54, 1.807) is 16.7 Å². The maximum absolute atomic E-state index is 16.9. The molecular weight excluding hydrogens is 660 g/mol. The number of benzene rings is 2. The first-order chi connectivity index (χ1) is 22.8. The van der Waals surface area contributed by atoms with E-state index in [0.717, 1.165) is 36.0 Å². The predicted octanol–water partition coefficient (Wildman–Crippen LogP) is 5.96. The minimum Gasteiger partial charge on any atom is -0.461 e. The number of amides is 1. The fourth-order valence-corrected chi connectivity index (χ4v) is 8.18. The Morgan fingerprint density at radius 2 is 1.96 bits per heavy atom. The summed E-state index contributed by atoms with van der Waals surface area (Å²) in [5, 5.41) is -0.328. The predicted molar refractivity (Wildman–Crippen MR) is 170 cm³/mol. The zero-order valence-corrected chi connectivity index (χ0v) is 26.6. The van der Waals surface area contributed by atoms with E-state index in [0.29, 0.717) is 13.0 Å². The average Bonchev–Trinajstić information content (AvgIpc) is 3.71. The molecule has 9 nitrogen and oxygen atoms in total. The number of alkyl halides is 4. The van der Waals surface area contributed by atoms with E-state index in [2.05, 4.69) is 21.5 Å². The molecule has 2 aromatic carbocycles. The summed E-state index contributed by atoms with van der Waals surface area (Å²) in [6.07, 6.45) is -3.14. The number of rotatable bonds is 6. The van der Waals surface area contributed by atoms with Gasteiger partial charge in [-0.05, 0) is 50.6 Å². The molecule has 16 heteroatoms. The van der Waals surface area contributed by atoms with Crippen LogP contribution < -0.4 is 15.4 Å². The van der Waals surface area contributed by atoms with Crippen molar-refractivity contribution in [3.8, 4) is 17.1 Å². The lowest BCUT2D eigenvalue weighted by Gasteiger charge is -2.40. The Morgan fingerprint density at radius 1 is 1.17 bits per heavy atom. The topological polar surface area (TPSA) is 101 Å². The summed E-state index contributed by atoms with van der Waals surface area (Å²) in [5.74, 6) is -2.40. The van der Waals surface area contributed by atoms with Gasteiger partial charge < -0.3 is 20.3 Å². The molecule has 3 aliphatic rings. The second-order valence-corrected chi connectivity index (χ2v) is 13.6. The fraction of sp³-hybridized carbons (Fsp3) is 0.438. The molecule has 0 unspecified atom stereocenters. The number of carbonyl (C=O) groups excluding carboxylic acids is 1. The molecule has 7 rings (SSSR count). The number of halogens is 6. The van der Waals surface area contributed by atoms with Gasteiger partial charge in [0.2, 0.25) is 5.91 Å². The first-order valence-electron chi connectivity index (χ1n) is 15.5. The van der Waals surface area contributed by atoms with Gasteiger partial charge in [-0.25, -0.2) is 18.2 Å². The molecule has 0 radical (unpaired) electrons. The first-order valence-corrected chi connectivity index (χ1v) is 16.3. The van der Waals surface area contributed by atoms with Crippen LogP contribution in [0.15, 0.2) is 30.9 Å². The molecule has 0 saturated carbocycles. The Kier molecular flexibility index (Phi) is 7.93. The minimum absolute atomic E-state index is 0.00216. The molecule has 0 spiro atoms. The van der Waals surface area contributed by atoms with Crippen LogP contribution in [0.3, 0.4) is 0 Å². The number of ether oxygens (including phenoxy) is 1. The van der Waals surface area contributed by atoms with Gasteiger partial charge in [-0.2, -0.15) is 23.1 Å². The van der Waals surface area contributed by atoms with Gasteiger partial charge in [0.05, 0.1) is 21.3 Å². The number of hydrogen-bond donors (Lipinski definition) is 1. The number of aromatic nitrogens is 3. The molecule has 48 heavy (non-hydrogen) atoms. The number of carbonyl (C=O) groups is 1. The van der Waals surface area contributed by atoms with Crippen LogP contribution in [0.5, 0.6) is 6.01 Å². The van der Waals surface area contributed by atoms with E-state index < -0.39 is 52.2 Å².